The third-order valence-corrected chi connectivity index (χ3v) is 14.5. The summed E-state index contributed by atoms with van der Waals surface area (Å²) in [5, 5.41) is 62.7. The van der Waals surface area contributed by atoms with Crippen LogP contribution in [0.25, 0.3) is 0 Å². The molecule has 1 aromatic carbocycles. The van der Waals surface area contributed by atoms with E-state index in [9.17, 15) is 39.5 Å². The zero-order valence-corrected chi connectivity index (χ0v) is 41.8. The van der Waals surface area contributed by atoms with Crippen LogP contribution in [0.1, 0.15) is 113 Å². The highest BCUT2D eigenvalue weighted by Crippen LogP contribution is 2.40. The number of halogens is 1. The Morgan fingerprint density at radius 3 is 2.23 bits per heavy atom. The molecule has 1 aromatic rings. The van der Waals surface area contributed by atoms with E-state index in [0.717, 1.165) is 5.56 Å². The van der Waals surface area contributed by atoms with Gasteiger partial charge in [-0.2, -0.15) is 0 Å². The Balaban J connectivity index is 1.71. The Labute approximate surface area is 392 Å². The average molecular weight is 942 g/mol. The van der Waals surface area contributed by atoms with Crippen LogP contribution in [-0.2, 0) is 44.4 Å². The van der Waals surface area contributed by atoms with Crippen LogP contribution in [0.4, 0.5) is 4.39 Å². The molecule has 3 fully saturated rings. The molecule has 380 valence electrons. The third kappa shape index (κ3) is 14.1. The number of cyclic esters (lactones) is 1. The van der Waals surface area contributed by atoms with Crippen LogP contribution in [0.5, 0.6) is 0 Å². The summed E-state index contributed by atoms with van der Waals surface area (Å²) in [7, 11) is 5.24. The van der Waals surface area contributed by atoms with Crippen LogP contribution >= 0.6 is 0 Å². The van der Waals surface area contributed by atoms with Crippen LogP contribution in [0.3, 0.4) is 0 Å². The van der Waals surface area contributed by atoms with Gasteiger partial charge in [-0.25, -0.2) is 4.39 Å². The molecule has 3 aliphatic rings. The number of aryl methyl sites for hydroxylation is 1. The van der Waals surface area contributed by atoms with Crippen LogP contribution < -0.4 is 5.32 Å². The number of carbonyl (C=O) groups is 2. The number of hydrogen-bond acceptors (Lipinski definition) is 15. The van der Waals surface area contributed by atoms with Crippen molar-refractivity contribution in [1.82, 2.24) is 15.1 Å². The fourth-order valence-corrected chi connectivity index (χ4v) is 10.4. The number of rotatable bonds is 14. The maximum Gasteiger partial charge on any atom is 0.311 e. The van der Waals surface area contributed by atoms with Crippen molar-refractivity contribution in [2.75, 3.05) is 40.8 Å². The predicted octanol–water partition coefficient (Wildman–Crippen LogP) is 3.55. The summed E-state index contributed by atoms with van der Waals surface area (Å²) in [6.07, 6.45) is -7.95. The number of ether oxygens (including phenoxy) is 6. The Hall–Kier alpha value is -2.39. The maximum absolute atomic E-state index is 14.5. The van der Waals surface area contributed by atoms with Gasteiger partial charge in [-0.1, -0.05) is 32.9 Å². The van der Waals surface area contributed by atoms with E-state index in [-0.39, 0.29) is 55.5 Å². The van der Waals surface area contributed by atoms with Crippen LogP contribution in [0, 0.1) is 23.6 Å². The first-order valence-electron chi connectivity index (χ1n) is 24.0. The van der Waals surface area contributed by atoms with Crippen molar-refractivity contribution in [2.24, 2.45) is 17.8 Å². The first kappa shape index (κ1) is 56.2. The summed E-state index contributed by atoms with van der Waals surface area (Å²) in [5.74, 6) is -3.40. The summed E-state index contributed by atoms with van der Waals surface area (Å²) in [6.45, 7) is 18.5. The van der Waals surface area contributed by atoms with Gasteiger partial charge in [-0.15, -0.1) is 0 Å². The maximum atomic E-state index is 14.5. The van der Waals surface area contributed by atoms with Gasteiger partial charge in [0, 0.05) is 57.6 Å². The summed E-state index contributed by atoms with van der Waals surface area (Å²) in [5.41, 5.74) is -3.81. The molecular weight excluding hydrogens is 858 g/mol. The Kier molecular flexibility index (Phi) is 20.4. The topological polar surface area (TPSA) is 209 Å². The number of nitrogens with one attached hydrogen (secondary N) is 1. The number of esters is 1. The number of methoxy groups -OCH3 is 1. The van der Waals surface area contributed by atoms with E-state index in [4.69, 9.17) is 28.4 Å². The number of amides is 1. The Morgan fingerprint density at radius 1 is 0.970 bits per heavy atom. The molecule has 1 amide bonds. The van der Waals surface area contributed by atoms with Gasteiger partial charge in [0.05, 0.1) is 41.5 Å². The largest absolute Gasteiger partial charge is 0.459 e. The number of carbonyl (C=O) groups excluding carboxylic acids is 2. The van der Waals surface area contributed by atoms with E-state index >= 15 is 0 Å². The van der Waals surface area contributed by atoms with Crippen molar-refractivity contribution in [3.05, 3.63) is 35.6 Å². The number of likely N-dealkylation sites (N-methyl/N-ethyl adjacent to an activating group) is 1. The molecule has 0 unspecified atom stereocenters. The zero-order chi connectivity index (χ0) is 49.5. The second-order valence-electron chi connectivity index (χ2n) is 20.6. The van der Waals surface area contributed by atoms with Crippen LogP contribution in [0.15, 0.2) is 24.3 Å². The van der Waals surface area contributed by atoms with Crippen molar-refractivity contribution in [1.29, 1.82) is 0 Å². The molecule has 4 rings (SSSR count). The van der Waals surface area contributed by atoms with E-state index in [1.807, 2.05) is 37.7 Å². The summed E-state index contributed by atoms with van der Waals surface area (Å²) >= 11 is 0. The standard InChI is InChI=1S/C49H84FN3O13/c1-14-37-49(10,60)42(56)32(6)53(23-15-22-51-38(54)21-18-34-16-19-35(50)20-17-34)27-28(2)25-47(8,59)44(66-46-40(55)36(52(11)12)24-29(3)62-46)30(4)41(31(5)45(58)64-37)65-39-26-48(9,61-13)43(57)33(7)63-39/h16-17,19-20,28-33,36-37,39-44,46,55-57,59-60H,14-15,18,21-27H2,1-13H3,(H,51,54)/t28-,29-,30+,31-,32-,33+,36+,37-,39+,40-,41+,42-,43+,44-,46+,47-,48-,49-/m1/s1. The normalized spacial score (nSPS) is 41.5. The predicted molar refractivity (Wildman–Crippen MR) is 245 cm³/mol. The molecule has 3 heterocycles. The molecule has 0 saturated carbocycles. The fraction of sp³-hybridized carbons (Fsp3) is 0.837. The SMILES string of the molecule is CC[C@H]1OC(=O)[C@H](C)[C@@H](O[C@H]2C[C@@](C)(OC)[C@@H](O)[C@H](C)O2)[C@H](C)[C@@H](O[C@@H]2O[C@H](C)C[C@H](N(C)C)[C@H]2O)[C@](C)(O)C[C@@H](C)CN(CCCNC(=O)CCc2ccc(F)cc2)[C@H](C)[C@@H](O)[C@]1(C)O. The van der Waals surface area contributed by atoms with Crippen LogP contribution in [0.2, 0.25) is 0 Å². The van der Waals surface area contributed by atoms with Gasteiger partial charge in [-0.05, 0) is 118 Å². The zero-order valence-electron chi connectivity index (χ0n) is 41.8. The molecule has 6 N–H and O–H groups in total. The average Bonchev–Trinajstić information content (AvgIpc) is 3.25. The fourth-order valence-electron chi connectivity index (χ4n) is 10.4. The molecule has 18 atom stereocenters. The van der Waals surface area contributed by atoms with Gasteiger partial charge >= 0.3 is 5.97 Å². The summed E-state index contributed by atoms with van der Waals surface area (Å²) in [4.78, 5) is 31.2. The summed E-state index contributed by atoms with van der Waals surface area (Å²) < 4.78 is 51.4. The van der Waals surface area contributed by atoms with Crippen molar-refractivity contribution < 1.29 is 67.9 Å². The van der Waals surface area contributed by atoms with Gasteiger partial charge in [0.1, 0.15) is 35.8 Å². The molecule has 3 saturated heterocycles. The lowest BCUT2D eigenvalue weighted by Gasteiger charge is -2.48. The second kappa shape index (κ2) is 24.0. The molecule has 0 spiro atoms. The third-order valence-electron chi connectivity index (χ3n) is 14.5. The summed E-state index contributed by atoms with van der Waals surface area (Å²) in [6, 6.07) is 5.03. The Morgan fingerprint density at radius 2 is 1.62 bits per heavy atom. The molecule has 0 bridgehead atoms. The van der Waals surface area contributed by atoms with Crippen molar-refractivity contribution in [3.8, 4) is 0 Å². The first-order chi connectivity index (χ1) is 30.8. The quantitative estimate of drug-likeness (QED) is 0.117. The van der Waals surface area contributed by atoms with Gasteiger partial charge in [-0.3, -0.25) is 14.5 Å². The van der Waals surface area contributed by atoms with E-state index < -0.39 is 96.0 Å². The number of aliphatic hydroxyl groups is 5. The van der Waals surface area contributed by atoms with Gasteiger partial charge in [0.15, 0.2) is 12.6 Å². The molecular formula is C49H84FN3O13. The van der Waals surface area contributed by atoms with Gasteiger partial charge in [0.2, 0.25) is 5.91 Å². The lowest BCUT2D eigenvalue weighted by atomic mass is 9.77. The highest BCUT2D eigenvalue weighted by Gasteiger charge is 2.53. The van der Waals surface area contributed by atoms with E-state index in [0.29, 0.717) is 38.9 Å². The number of benzene rings is 1. The number of nitrogens with zero attached hydrogens (tertiary/aromatic N) is 2. The molecule has 16 nitrogen and oxygen atoms in total. The van der Waals surface area contributed by atoms with Gasteiger partial charge < -0.3 is 64.2 Å². The number of hydrogen-bond donors (Lipinski definition) is 6. The second-order valence-corrected chi connectivity index (χ2v) is 20.6. The molecule has 17 heteroatoms. The minimum absolute atomic E-state index is 0.0946. The molecule has 3 aliphatic heterocycles. The highest BCUT2D eigenvalue weighted by atomic mass is 19.1. The smallest absolute Gasteiger partial charge is 0.311 e. The highest BCUT2D eigenvalue weighted by molar-refractivity contribution is 5.76. The number of aliphatic hydroxyl groups excluding tert-OH is 3. The van der Waals surface area contributed by atoms with Crippen molar-refractivity contribution >= 4 is 11.9 Å². The monoisotopic (exact) mass is 942 g/mol. The van der Waals surface area contributed by atoms with Gasteiger partial charge in [0.25, 0.3) is 0 Å². The Bertz CT molecular complexity index is 1670. The molecule has 0 radical (unpaired) electrons. The van der Waals surface area contributed by atoms with E-state index in [1.165, 1.54) is 26.2 Å². The minimum Gasteiger partial charge on any atom is -0.459 e. The first-order valence-corrected chi connectivity index (χ1v) is 24.0. The minimum atomic E-state index is -1.93. The van der Waals surface area contributed by atoms with Crippen LogP contribution in [-0.4, -0.2) is 178 Å². The van der Waals surface area contributed by atoms with Crippen molar-refractivity contribution in [2.45, 2.75) is 204 Å². The van der Waals surface area contributed by atoms with E-state index in [2.05, 4.69) is 5.32 Å². The van der Waals surface area contributed by atoms with E-state index in [1.54, 1.807) is 60.6 Å². The van der Waals surface area contributed by atoms with Crippen molar-refractivity contribution in [3.63, 3.8) is 0 Å². The molecule has 0 aromatic heterocycles. The lowest BCUT2D eigenvalue weighted by molar-refractivity contribution is -0.318. The lowest BCUT2D eigenvalue weighted by Crippen LogP contribution is -2.60. The molecule has 0 aliphatic carbocycles. The molecule has 66 heavy (non-hydrogen) atoms.